The smallest absolute Gasteiger partial charge is 0.193 e. The van der Waals surface area contributed by atoms with Crippen molar-refractivity contribution in [1.82, 2.24) is 24.8 Å². The van der Waals surface area contributed by atoms with Crippen molar-refractivity contribution < 1.29 is 4.74 Å². The van der Waals surface area contributed by atoms with Crippen molar-refractivity contribution >= 4 is 28.7 Å². The third-order valence-electron chi connectivity index (χ3n) is 6.11. The molecule has 8 heteroatoms. The molecule has 2 atom stereocenters. The van der Waals surface area contributed by atoms with Crippen LogP contribution < -0.4 is 10.1 Å². The summed E-state index contributed by atoms with van der Waals surface area (Å²) in [7, 11) is 1.68. The van der Waals surface area contributed by atoms with Crippen LogP contribution in [-0.4, -0.2) is 31.7 Å². The summed E-state index contributed by atoms with van der Waals surface area (Å²) in [5.74, 6) is 0.843. The van der Waals surface area contributed by atoms with E-state index in [1.807, 2.05) is 42.0 Å². The zero-order valence-electron chi connectivity index (χ0n) is 18.7. The van der Waals surface area contributed by atoms with Gasteiger partial charge in [0.05, 0.1) is 24.9 Å². The van der Waals surface area contributed by atoms with Crippen molar-refractivity contribution in [3.05, 3.63) is 94.5 Å². The summed E-state index contributed by atoms with van der Waals surface area (Å²) in [5, 5.41) is 7.26. The summed E-state index contributed by atoms with van der Waals surface area (Å²) in [6.07, 6.45) is 3.68. The van der Waals surface area contributed by atoms with E-state index in [0.29, 0.717) is 6.54 Å². The molecule has 0 spiro atoms. The van der Waals surface area contributed by atoms with Gasteiger partial charge in [-0.2, -0.15) is 0 Å². The molecule has 1 fully saturated rings. The Morgan fingerprint density at radius 1 is 1.09 bits per heavy atom. The van der Waals surface area contributed by atoms with E-state index in [-0.39, 0.29) is 12.1 Å². The average molecular weight is 476 g/mol. The quantitative estimate of drug-likeness (QED) is 0.390. The van der Waals surface area contributed by atoms with Crippen molar-refractivity contribution in [2.24, 2.45) is 0 Å². The van der Waals surface area contributed by atoms with Crippen LogP contribution in [0.15, 0.2) is 66.3 Å². The summed E-state index contributed by atoms with van der Waals surface area (Å²) in [4.78, 5) is 11.5. The van der Waals surface area contributed by atoms with Crippen molar-refractivity contribution in [2.75, 3.05) is 7.11 Å². The first kappa shape index (κ1) is 21.6. The highest BCUT2D eigenvalue weighted by atomic mass is 32.1. The van der Waals surface area contributed by atoms with Gasteiger partial charge >= 0.3 is 0 Å². The lowest BCUT2D eigenvalue weighted by atomic mass is 9.96. The molecule has 0 unspecified atom stereocenters. The highest BCUT2D eigenvalue weighted by molar-refractivity contribution is 7.80. The van der Waals surface area contributed by atoms with E-state index in [9.17, 15) is 0 Å². The molecule has 1 aliphatic heterocycles. The number of ether oxygens (including phenoxy) is 1. The third kappa shape index (κ3) is 4.00. The Morgan fingerprint density at radius 3 is 2.58 bits per heavy atom. The van der Waals surface area contributed by atoms with Crippen LogP contribution in [0.2, 0.25) is 0 Å². The topological polar surface area (TPSA) is 55.2 Å². The minimum absolute atomic E-state index is 0.00517. The molecular formula is C25H25N5OS2. The first-order chi connectivity index (χ1) is 16.1. The first-order valence-corrected chi connectivity index (χ1v) is 12.1. The fourth-order valence-corrected chi connectivity index (χ4v) is 5.61. The number of aromatic nitrogens is 3. The van der Waals surface area contributed by atoms with E-state index in [0.717, 1.165) is 27.4 Å². The summed E-state index contributed by atoms with van der Waals surface area (Å²) in [5.41, 5.74) is 5.68. The molecule has 1 saturated heterocycles. The van der Waals surface area contributed by atoms with E-state index in [2.05, 4.69) is 62.9 Å². The molecule has 5 rings (SSSR count). The lowest BCUT2D eigenvalue weighted by Crippen LogP contribution is -2.29. The number of nitrogens with one attached hydrogen (secondary N) is 1. The first-order valence-electron chi connectivity index (χ1n) is 10.8. The van der Waals surface area contributed by atoms with Gasteiger partial charge in [-0.25, -0.2) is 4.98 Å². The second-order valence-electron chi connectivity index (χ2n) is 8.08. The summed E-state index contributed by atoms with van der Waals surface area (Å²) >= 11 is 7.49. The van der Waals surface area contributed by atoms with E-state index in [4.69, 9.17) is 17.0 Å². The lowest BCUT2D eigenvalue weighted by Gasteiger charge is -2.28. The molecule has 6 nitrogen and oxygen atoms in total. The summed E-state index contributed by atoms with van der Waals surface area (Å²) in [6.45, 7) is 4.97. The Hall–Kier alpha value is -3.23. The molecule has 4 heterocycles. The summed E-state index contributed by atoms with van der Waals surface area (Å²) in [6, 6.07) is 16.4. The van der Waals surface area contributed by atoms with Crippen LogP contribution in [-0.2, 0) is 6.54 Å². The SMILES string of the molecule is COc1ccc(CN2C(=S)N[C@@H](c3ccccn3)[C@@H]2c2cc(C)n(-c3nccs3)c2C)cc1. The van der Waals surface area contributed by atoms with Gasteiger partial charge in [-0.3, -0.25) is 9.55 Å². The highest BCUT2D eigenvalue weighted by Crippen LogP contribution is 2.42. The average Bonchev–Trinajstić information content (AvgIpc) is 3.54. The van der Waals surface area contributed by atoms with Crippen LogP contribution in [0.3, 0.4) is 0 Å². The lowest BCUT2D eigenvalue weighted by molar-refractivity contribution is 0.310. The number of pyridine rings is 1. The fraction of sp³-hybridized carbons (Fsp3) is 0.240. The van der Waals surface area contributed by atoms with Crippen molar-refractivity contribution in [3.8, 4) is 10.9 Å². The van der Waals surface area contributed by atoms with E-state index in [1.165, 1.54) is 16.8 Å². The molecule has 1 N–H and O–H groups in total. The third-order valence-corrected chi connectivity index (χ3v) is 7.22. The van der Waals surface area contributed by atoms with Crippen molar-refractivity contribution in [2.45, 2.75) is 32.5 Å². The predicted octanol–water partition coefficient (Wildman–Crippen LogP) is 5.13. The van der Waals surface area contributed by atoms with Gasteiger partial charge in [0.1, 0.15) is 5.75 Å². The van der Waals surface area contributed by atoms with Crippen molar-refractivity contribution in [1.29, 1.82) is 0 Å². The molecule has 3 aromatic heterocycles. The van der Waals surface area contributed by atoms with Gasteiger partial charge in [0, 0.05) is 35.7 Å². The van der Waals surface area contributed by atoms with Crippen LogP contribution in [0, 0.1) is 13.8 Å². The molecule has 0 radical (unpaired) electrons. The van der Waals surface area contributed by atoms with Crippen LogP contribution in [0.5, 0.6) is 5.75 Å². The highest BCUT2D eigenvalue weighted by Gasteiger charge is 2.41. The van der Waals surface area contributed by atoms with Crippen LogP contribution in [0.1, 0.15) is 40.3 Å². The molecule has 1 aromatic carbocycles. The second kappa shape index (κ2) is 8.96. The minimum Gasteiger partial charge on any atom is -0.497 e. The van der Waals surface area contributed by atoms with Crippen LogP contribution in [0.25, 0.3) is 5.13 Å². The molecule has 0 saturated carbocycles. The number of nitrogens with zero attached hydrogens (tertiary/aromatic N) is 4. The zero-order chi connectivity index (χ0) is 22.9. The van der Waals surface area contributed by atoms with Crippen LogP contribution in [0.4, 0.5) is 0 Å². The molecule has 33 heavy (non-hydrogen) atoms. The Labute approximate surface area is 202 Å². The number of thiazole rings is 1. The Kier molecular flexibility index (Phi) is 5.86. The van der Waals surface area contributed by atoms with Gasteiger partial charge in [-0.1, -0.05) is 18.2 Å². The van der Waals surface area contributed by atoms with Gasteiger partial charge < -0.3 is 15.0 Å². The predicted molar refractivity (Wildman–Crippen MR) is 135 cm³/mol. The number of benzene rings is 1. The number of methoxy groups -OCH3 is 1. The Bertz CT molecular complexity index is 1250. The van der Waals surface area contributed by atoms with Crippen LogP contribution >= 0.6 is 23.6 Å². The van der Waals surface area contributed by atoms with Gasteiger partial charge in [-0.05, 0) is 67.5 Å². The normalized spacial score (nSPS) is 17.9. The number of thiocarbonyl (C=S) groups is 1. The Morgan fingerprint density at radius 2 is 1.91 bits per heavy atom. The largest absolute Gasteiger partial charge is 0.497 e. The number of hydrogen-bond donors (Lipinski definition) is 1. The molecule has 0 aliphatic carbocycles. The maximum absolute atomic E-state index is 5.85. The Balaban J connectivity index is 1.58. The minimum atomic E-state index is -0.0535. The zero-order valence-corrected chi connectivity index (χ0v) is 20.4. The number of aryl methyl sites for hydroxylation is 1. The van der Waals surface area contributed by atoms with Gasteiger partial charge in [0.25, 0.3) is 0 Å². The standard InChI is InChI=1S/C25H25N5OS2/c1-16-14-20(17(2)30(16)25-27-12-13-33-25)23-22(21-6-4-5-11-26-21)28-24(32)29(23)15-18-7-9-19(31-3)10-8-18/h4-14,22-23H,15H2,1-3H3,(H,28,32)/t22-,23-/m0/s1. The molecule has 1 aliphatic rings. The molecule has 0 amide bonds. The maximum atomic E-state index is 5.85. The molecule has 4 aromatic rings. The van der Waals surface area contributed by atoms with Crippen molar-refractivity contribution in [3.63, 3.8) is 0 Å². The van der Waals surface area contributed by atoms with E-state index < -0.39 is 0 Å². The molecule has 0 bridgehead atoms. The monoisotopic (exact) mass is 475 g/mol. The van der Waals surface area contributed by atoms with Gasteiger partial charge in [0.15, 0.2) is 10.2 Å². The molecular weight excluding hydrogens is 450 g/mol. The van der Waals surface area contributed by atoms with Gasteiger partial charge in [-0.15, -0.1) is 11.3 Å². The number of hydrogen-bond acceptors (Lipinski definition) is 5. The van der Waals surface area contributed by atoms with Gasteiger partial charge in [0.2, 0.25) is 0 Å². The number of rotatable bonds is 6. The molecule has 168 valence electrons. The maximum Gasteiger partial charge on any atom is 0.193 e. The fourth-order valence-electron chi connectivity index (χ4n) is 4.55. The van der Waals surface area contributed by atoms with E-state index >= 15 is 0 Å². The second-order valence-corrected chi connectivity index (χ2v) is 9.34. The summed E-state index contributed by atoms with van der Waals surface area (Å²) < 4.78 is 7.55. The van der Waals surface area contributed by atoms with E-state index in [1.54, 1.807) is 18.4 Å².